The molecule has 0 saturated carbocycles. The number of nitrogens with zero attached hydrogens (tertiary/aromatic N) is 1. The summed E-state index contributed by atoms with van der Waals surface area (Å²) in [5, 5.41) is 12.0. The fourth-order valence-corrected chi connectivity index (χ4v) is 4.12. The van der Waals surface area contributed by atoms with Gasteiger partial charge in [0.05, 0.1) is 0 Å². The molecule has 170 valence electrons. The first kappa shape index (κ1) is 26.5. The van der Waals surface area contributed by atoms with Crippen molar-refractivity contribution < 1.29 is 28.6 Å². The topological polar surface area (TPSA) is 115 Å². The van der Waals surface area contributed by atoms with Gasteiger partial charge in [0.15, 0.2) is 0 Å². The summed E-state index contributed by atoms with van der Waals surface area (Å²) in [6.07, 6.45) is -0.851. The molecule has 0 saturated heterocycles. The Kier molecular flexibility index (Phi) is 9.10. The first-order chi connectivity index (χ1) is 14.1. The van der Waals surface area contributed by atoms with Gasteiger partial charge in [0, 0.05) is 0 Å². The van der Waals surface area contributed by atoms with Crippen molar-refractivity contribution >= 4 is 37.5 Å². The third-order valence-electron chi connectivity index (χ3n) is 3.43. The van der Waals surface area contributed by atoms with Crippen molar-refractivity contribution in [2.45, 2.75) is 70.0 Å². The predicted molar refractivity (Wildman–Crippen MR) is 116 cm³/mol. The van der Waals surface area contributed by atoms with Gasteiger partial charge in [-0.25, -0.2) is 0 Å². The van der Waals surface area contributed by atoms with Crippen molar-refractivity contribution in [2.75, 3.05) is 6.61 Å². The molecule has 1 rings (SSSR count). The van der Waals surface area contributed by atoms with Gasteiger partial charge in [-0.1, -0.05) is 0 Å². The van der Waals surface area contributed by atoms with Gasteiger partial charge in [0.25, 0.3) is 0 Å². The van der Waals surface area contributed by atoms with Crippen molar-refractivity contribution in [1.82, 2.24) is 5.32 Å². The number of hydrogen-bond donors (Lipinski definition) is 1. The normalized spacial score (nSPS) is 14.4. The summed E-state index contributed by atoms with van der Waals surface area (Å²) < 4.78 is 15.2. The van der Waals surface area contributed by atoms with Crippen LogP contribution in [-0.2, 0) is 23.8 Å². The summed E-state index contributed by atoms with van der Waals surface area (Å²) in [7, 11) is 0. The maximum absolute atomic E-state index is 12.7. The zero-order chi connectivity index (χ0) is 23.9. The summed E-state index contributed by atoms with van der Waals surface area (Å²) in [6.45, 7) is 11.1. The van der Waals surface area contributed by atoms with E-state index in [4.69, 9.17) is 14.2 Å². The summed E-state index contributed by atoms with van der Waals surface area (Å²) in [6, 6.07) is 9.88. The van der Waals surface area contributed by atoms with Crippen LogP contribution < -0.4 is 9.78 Å². The van der Waals surface area contributed by atoms with Crippen LogP contribution in [0, 0.1) is 11.3 Å². The van der Waals surface area contributed by atoms with Crippen molar-refractivity contribution in [3.8, 4) is 6.07 Å². The zero-order valence-corrected chi connectivity index (χ0v) is 20.7. The molecule has 1 aromatic carbocycles. The fourth-order valence-electron chi connectivity index (χ4n) is 2.12. The Bertz CT molecular complexity index is 823. The van der Waals surface area contributed by atoms with Gasteiger partial charge >= 0.3 is 190 Å². The number of esters is 2. The van der Waals surface area contributed by atoms with Crippen LogP contribution in [0.2, 0.25) is 4.31 Å². The Morgan fingerprint density at radius 2 is 1.55 bits per heavy atom. The Balaban J connectivity index is 2.91. The molecular formula is C22H30N2O6Se. The zero-order valence-electron chi connectivity index (χ0n) is 19.0. The molecule has 2 atom stereocenters. The first-order valence-corrected chi connectivity index (χ1v) is 11.4. The molecule has 0 radical (unpaired) electrons. The molecule has 0 fully saturated rings. The fraction of sp³-hybridized carbons (Fsp3) is 0.545. The number of carbonyl (C=O) groups excluding carboxylic acids is 3. The number of benzene rings is 1. The Morgan fingerprint density at radius 3 is 2.03 bits per heavy atom. The number of carbonyl (C=O) groups is 3. The van der Waals surface area contributed by atoms with Gasteiger partial charge in [-0.15, -0.1) is 0 Å². The second-order valence-electron chi connectivity index (χ2n) is 8.89. The molecule has 1 N–H and O–H groups in total. The molecule has 0 spiro atoms. The van der Waals surface area contributed by atoms with E-state index in [-0.39, 0.29) is 0 Å². The predicted octanol–water partition coefficient (Wildman–Crippen LogP) is 2.50. The van der Waals surface area contributed by atoms with Gasteiger partial charge in [-0.05, 0) is 0 Å². The van der Waals surface area contributed by atoms with E-state index in [0.717, 1.165) is 4.46 Å². The van der Waals surface area contributed by atoms with Crippen LogP contribution >= 0.6 is 0 Å². The Morgan fingerprint density at radius 1 is 1.00 bits per heavy atom. The van der Waals surface area contributed by atoms with Crippen LogP contribution in [0.25, 0.3) is 0 Å². The van der Waals surface area contributed by atoms with E-state index in [0.29, 0.717) is 0 Å². The summed E-state index contributed by atoms with van der Waals surface area (Å²) in [5.74, 6) is -1.56. The Labute approximate surface area is 189 Å². The molecular weight excluding hydrogens is 467 g/mol. The van der Waals surface area contributed by atoms with E-state index < -0.39 is 61.2 Å². The standard InChI is InChI=1S/C22H30N2O6Se/c1-20(2,3)29-17(25)16(24-19(27)30-21(4,5)6)13-28-18(26)22(7,14-23)31-15-11-9-8-10-12-15/h8-12,16H,13H2,1-7H3,(H,24,27). The third kappa shape index (κ3) is 9.86. The quantitative estimate of drug-likeness (QED) is 0.350. The number of ether oxygens (including phenoxy) is 3. The first-order valence-electron chi connectivity index (χ1n) is 9.70. The molecule has 0 heterocycles. The van der Waals surface area contributed by atoms with Crippen molar-refractivity contribution in [1.29, 1.82) is 5.26 Å². The minimum absolute atomic E-state index is 0.491. The molecule has 1 aromatic rings. The third-order valence-corrected chi connectivity index (χ3v) is 5.89. The van der Waals surface area contributed by atoms with E-state index in [9.17, 15) is 19.6 Å². The summed E-state index contributed by atoms with van der Waals surface area (Å²) in [4.78, 5) is 37.4. The average Bonchev–Trinajstić information content (AvgIpc) is 2.62. The Hall–Kier alpha value is -2.56. The van der Waals surface area contributed by atoms with E-state index >= 15 is 0 Å². The van der Waals surface area contributed by atoms with Crippen LogP contribution in [0.15, 0.2) is 30.3 Å². The molecule has 0 aliphatic carbocycles. The molecule has 9 heteroatoms. The molecule has 1 amide bonds. The number of nitriles is 1. The molecule has 0 bridgehead atoms. The summed E-state index contributed by atoms with van der Waals surface area (Å²) in [5.41, 5.74) is -1.59. The number of alkyl carbamates (subject to hydrolysis) is 1. The van der Waals surface area contributed by atoms with Crippen LogP contribution in [-0.4, -0.2) is 56.8 Å². The second kappa shape index (κ2) is 10.6. The number of rotatable bonds is 7. The molecule has 0 aromatic heterocycles. The van der Waals surface area contributed by atoms with Gasteiger partial charge in [0.2, 0.25) is 0 Å². The van der Waals surface area contributed by atoms with E-state index in [1.807, 2.05) is 36.4 Å². The minimum atomic E-state index is -1.40. The van der Waals surface area contributed by atoms with Gasteiger partial charge in [-0.2, -0.15) is 0 Å². The number of nitrogens with one attached hydrogen (secondary N) is 1. The van der Waals surface area contributed by atoms with Gasteiger partial charge < -0.3 is 0 Å². The maximum atomic E-state index is 12.7. The molecule has 8 nitrogen and oxygen atoms in total. The van der Waals surface area contributed by atoms with E-state index in [1.165, 1.54) is 6.92 Å². The summed E-state index contributed by atoms with van der Waals surface area (Å²) >= 11 is -0.528. The molecule has 0 aliphatic rings. The number of amides is 1. The monoisotopic (exact) mass is 498 g/mol. The molecule has 2 unspecified atom stereocenters. The van der Waals surface area contributed by atoms with Crippen LogP contribution in [0.4, 0.5) is 4.79 Å². The molecule has 0 aliphatic heterocycles. The van der Waals surface area contributed by atoms with Crippen LogP contribution in [0.3, 0.4) is 0 Å². The van der Waals surface area contributed by atoms with Gasteiger partial charge in [0.1, 0.15) is 0 Å². The van der Waals surface area contributed by atoms with Gasteiger partial charge in [-0.3, -0.25) is 0 Å². The van der Waals surface area contributed by atoms with Crippen molar-refractivity contribution in [2.24, 2.45) is 0 Å². The van der Waals surface area contributed by atoms with Crippen LogP contribution in [0.1, 0.15) is 48.5 Å². The van der Waals surface area contributed by atoms with Crippen molar-refractivity contribution in [3.05, 3.63) is 30.3 Å². The second-order valence-corrected chi connectivity index (χ2v) is 12.0. The van der Waals surface area contributed by atoms with E-state index in [2.05, 4.69) is 5.32 Å². The van der Waals surface area contributed by atoms with E-state index in [1.54, 1.807) is 41.5 Å². The SMILES string of the molecule is CC(C)(C)OC(=O)NC(COC(=O)C(C)(C#N)[Se]c1ccccc1)C(=O)OC(C)(C)C. The van der Waals surface area contributed by atoms with Crippen LogP contribution in [0.5, 0.6) is 0 Å². The molecule has 31 heavy (non-hydrogen) atoms. The average molecular weight is 497 g/mol. The van der Waals surface area contributed by atoms with Crippen molar-refractivity contribution in [3.63, 3.8) is 0 Å². The number of hydrogen-bond acceptors (Lipinski definition) is 7.